The largest absolute Gasteiger partial charge is 0.382 e. The molecule has 2 atom stereocenters. The Bertz CT molecular complexity index is 1790. The number of hydrogen-bond acceptors (Lipinski definition) is 11. The van der Waals surface area contributed by atoms with Crippen molar-refractivity contribution in [1.29, 1.82) is 0 Å². The first-order valence-corrected chi connectivity index (χ1v) is 19.7. The Hall–Kier alpha value is -4.37. The van der Waals surface area contributed by atoms with Crippen LogP contribution in [-0.4, -0.2) is 117 Å². The molecule has 1 aliphatic rings. The number of nitrogens with zero attached hydrogens (tertiary/aromatic N) is 4. The Morgan fingerprint density at radius 3 is 2.11 bits per heavy atom. The number of nitrogens with one attached hydrogen (secondary N) is 2. The van der Waals surface area contributed by atoms with Crippen LogP contribution in [0, 0.1) is 0 Å². The molecule has 0 saturated carbocycles. The summed E-state index contributed by atoms with van der Waals surface area (Å²) in [6, 6.07) is 23.4. The van der Waals surface area contributed by atoms with Gasteiger partial charge >= 0.3 is 0 Å². The van der Waals surface area contributed by atoms with Gasteiger partial charge in [0.15, 0.2) is 5.82 Å². The van der Waals surface area contributed by atoms with Gasteiger partial charge in [-0.2, -0.15) is 0 Å². The van der Waals surface area contributed by atoms with Crippen LogP contribution in [0.2, 0.25) is 0 Å². The number of rotatable bonds is 22. The van der Waals surface area contributed by atoms with Crippen LogP contribution in [0.3, 0.4) is 0 Å². The highest BCUT2D eigenvalue weighted by Gasteiger charge is 2.19. The number of nitrogen functional groups attached to an aromatic ring is 1. The molecule has 13 nitrogen and oxygen atoms in total. The predicted octanol–water partition coefficient (Wildman–Crippen LogP) is 4.94. The smallest absolute Gasteiger partial charge is 0.222 e. The third-order valence-electron chi connectivity index (χ3n) is 9.69. The highest BCUT2D eigenvalue weighted by Crippen LogP contribution is 2.30. The molecule has 0 aliphatic carbocycles. The summed E-state index contributed by atoms with van der Waals surface area (Å²) in [5.74, 6) is 1.35. The van der Waals surface area contributed by atoms with E-state index in [1.54, 1.807) is 0 Å². The molecule has 6 N–H and O–H groups in total. The number of aromatic nitrogens is 3. The fraction of sp³-hybridized carbons (Fsp3) is 0.500. The van der Waals surface area contributed by atoms with Crippen molar-refractivity contribution >= 4 is 39.3 Å². The number of ether oxygens (including phenoxy) is 4. The Morgan fingerprint density at radius 1 is 0.836 bits per heavy atom. The molecule has 1 fully saturated rings. The lowest BCUT2D eigenvalue weighted by molar-refractivity contribution is -0.123. The summed E-state index contributed by atoms with van der Waals surface area (Å²) < 4.78 is 22.6. The summed E-state index contributed by atoms with van der Waals surface area (Å²) in [5, 5.41) is 4.04. The van der Waals surface area contributed by atoms with Gasteiger partial charge in [0.1, 0.15) is 11.3 Å². The van der Waals surface area contributed by atoms with Crippen molar-refractivity contribution in [3.63, 3.8) is 0 Å². The van der Waals surface area contributed by atoms with Crippen molar-refractivity contribution in [2.75, 3.05) is 96.2 Å². The molecule has 0 spiro atoms. The van der Waals surface area contributed by atoms with Crippen LogP contribution in [0.1, 0.15) is 50.5 Å². The number of carbonyl (C=O) groups excluding carboxylic acids is 1. The van der Waals surface area contributed by atoms with Crippen molar-refractivity contribution in [1.82, 2.24) is 25.2 Å². The maximum absolute atomic E-state index is 12.4. The lowest BCUT2D eigenvalue weighted by Crippen LogP contribution is -2.47. The second kappa shape index (κ2) is 22.9. The number of imidazole rings is 1. The first kappa shape index (κ1) is 41.8. The quantitative estimate of drug-likeness (QED) is 0.0803. The molecule has 55 heavy (non-hydrogen) atoms. The molecule has 0 bridgehead atoms. The number of fused-ring (bicyclic) bond motifs is 3. The van der Waals surface area contributed by atoms with Gasteiger partial charge in [0, 0.05) is 68.7 Å². The zero-order chi connectivity index (χ0) is 38.7. The molecular weight excluding hydrogens is 697 g/mol. The zero-order valence-corrected chi connectivity index (χ0v) is 32.6. The van der Waals surface area contributed by atoms with Gasteiger partial charge in [-0.25, -0.2) is 9.97 Å². The normalized spacial score (nSPS) is 14.6. The highest BCUT2D eigenvalue weighted by molar-refractivity contribution is 6.07. The average Bonchev–Trinajstić information content (AvgIpc) is 3.64. The number of carbonyl (C=O) groups is 1. The van der Waals surface area contributed by atoms with Gasteiger partial charge < -0.3 is 45.6 Å². The summed E-state index contributed by atoms with van der Waals surface area (Å²) in [6.45, 7) is 12.7. The second-order valence-electron chi connectivity index (χ2n) is 13.8. The van der Waals surface area contributed by atoms with E-state index in [4.69, 9.17) is 35.4 Å². The molecule has 298 valence electrons. The topological polar surface area (TPSA) is 166 Å². The van der Waals surface area contributed by atoms with Crippen LogP contribution in [0.25, 0.3) is 21.9 Å². The van der Waals surface area contributed by atoms with E-state index in [-0.39, 0.29) is 24.4 Å². The van der Waals surface area contributed by atoms with Gasteiger partial charge in [0.2, 0.25) is 5.91 Å². The lowest BCUT2D eigenvalue weighted by Gasteiger charge is -2.36. The molecule has 3 heterocycles. The van der Waals surface area contributed by atoms with Crippen LogP contribution < -0.4 is 21.7 Å². The second-order valence-corrected chi connectivity index (χ2v) is 13.8. The predicted molar refractivity (Wildman–Crippen MR) is 220 cm³/mol. The fourth-order valence-electron chi connectivity index (χ4n) is 6.45. The minimum absolute atomic E-state index is 0.0976. The number of amides is 1. The van der Waals surface area contributed by atoms with Crippen molar-refractivity contribution < 1.29 is 23.7 Å². The van der Waals surface area contributed by atoms with E-state index in [9.17, 15) is 4.79 Å². The Labute approximate surface area is 325 Å². The average molecular weight is 757 g/mol. The molecule has 1 amide bonds. The van der Waals surface area contributed by atoms with E-state index in [1.807, 2.05) is 61.5 Å². The van der Waals surface area contributed by atoms with Gasteiger partial charge in [-0.3, -0.25) is 9.69 Å². The van der Waals surface area contributed by atoms with Crippen LogP contribution in [-0.2, 0) is 30.2 Å². The molecule has 13 heteroatoms. The minimum atomic E-state index is -0.334. The number of H-pyrrole nitrogens is 1. The molecule has 2 aromatic heterocycles. The third-order valence-corrected chi connectivity index (χ3v) is 9.69. The Morgan fingerprint density at radius 2 is 1.45 bits per heavy atom. The van der Waals surface area contributed by atoms with Gasteiger partial charge in [0.05, 0.1) is 63.9 Å². The van der Waals surface area contributed by atoms with Gasteiger partial charge in [-0.1, -0.05) is 67.9 Å². The Balaban J connectivity index is 0.857. The summed E-state index contributed by atoms with van der Waals surface area (Å²) in [6.07, 6.45) is 3.37. The van der Waals surface area contributed by atoms with Crippen LogP contribution in [0.15, 0.2) is 72.8 Å². The highest BCUT2D eigenvalue weighted by atomic mass is 16.6. The summed E-state index contributed by atoms with van der Waals surface area (Å²) >= 11 is 0. The number of piperazine rings is 1. The lowest BCUT2D eigenvalue weighted by atomic mass is 10.0. The maximum Gasteiger partial charge on any atom is 0.222 e. The van der Waals surface area contributed by atoms with E-state index in [0.717, 1.165) is 85.3 Å². The van der Waals surface area contributed by atoms with E-state index in [2.05, 4.69) is 50.2 Å². The number of anilines is 2. The van der Waals surface area contributed by atoms with Crippen molar-refractivity contribution in [3.8, 4) is 0 Å². The maximum atomic E-state index is 12.4. The zero-order valence-electron chi connectivity index (χ0n) is 32.6. The first-order chi connectivity index (χ1) is 26.9. The number of hydrogen-bond donors (Lipinski definition) is 4. The van der Waals surface area contributed by atoms with Crippen molar-refractivity contribution in [2.45, 2.75) is 51.6 Å². The van der Waals surface area contributed by atoms with Crippen LogP contribution in [0.5, 0.6) is 0 Å². The fourth-order valence-corrected chi connectivity index (χ4v) is 6.45. The van der Waals surface area contributed by atoms with Gasteiger partial charge in [0.25, 0.3) is 0 Å². The molecule has 4 aromatic rings. The van der Waals surface area contributed by atoms with Crippen molar-refractivity contribution in [3.05, 3.63) is 84.2 Å². The van der Waals surface area contributed by atoms with E-state index < -0.39 is 0 Å². The first-order valence-electron chi connectivity index (χ1n) is 19.7. The molecular formula is C42H60N8O5. The third kappa shape index (κ3) is 13.4. The SMILES string of the molecule is CCCCc1nc2c(N)nc3ccc(N4CCN(CCOCCOCCOCCOCCC(=O)NC(C)C(N)c5ccccccccc5)CC4)cc3c2[nH]1. The molecule has 0 radical (unpaired) electrons. The number of benzene rings is 1. The monoisotopic (exact) mass is 756 g/mol. The number of aromatic amines is 1. The summed E-state index contributed by atoms with van der Waals surface area (Å²) in [4.78, 5) is 30.2. The van der Waals surface area contributed by atoms with E-state index in [1.165, 1.54) is 5.69 Å². The van der Waals surface area contributed by atoms with Crippen LogP contribution >= 0.6 is 0 Å². The Kier molecular flexibility index (Phi) is 17.4. The van der Waals surface area contributed by atoms with E-state index >= 15 is 0 Å². The number of nitrogens with two attached hydrogens (primary N) is 2. The molecule has 2 aromatic carbocycles. The molecule has 1 aliphatic heterocycles. The minimum Gasteiger partial charge on any atom is -0.382 e. The summed E-state index contributed by atoms with van der Waals surface area (Å²) in [5.41, 5.74) is 17.4. The molecule has 2 unspecified atom stereocenters. The van der Waals surface area contributed by atoms with E-state index in [0.29, 0.717) is 58.7 Å². The van der Waals surface area contributed by atoms with Crippen LogP contribution in [0.4, 0.5) is 11.5 Å². The number of pyridine rings is 1. The van der Waals surface area contributed by atoms with Crippen molar-refractivity contribution in [2.24, 2.45) is 5.73 Å². The molecule has 1 saturated heterocycles. The van der Waals surface area contributed by atoms with Gasteiger partial charge in [-0.05, 0) is 37.1 Å². The number of unbranched alkanes of at least 4 members (excludes halogenated alkanes) is 1. The number of aryl methyl sites for hydroxylation is 1. The van der Waals surface area contributed by atoms with Gasteiger partial charge in [-0.15, -0.1) is 0 Å². The standard InChI is InChI=1S/C42H60N8O5/c1-3-4-14-37-47-40-35-31-34(15-16-36(35)46-42(44)41(40)48-37)50-20-18-49(19-21-50)22-24-53-26-28-55-30-29-54-27-25-52-23-17-38(51)45-32(2)39(43)33-12-10-8-6-5-7-9-11-13-33/h5-13,15-16,31-32,39H,3-4,14,17-30,43H2,1-2H3,(H2,44,46)(H,45,51)(H,47,48). The molecule has 5 rings (SSSR count). The summed E-state index contributed by atoms with van der Waals surface area (Å²) in [7, 11) is 0.